The highest BCUT2D eigenvalue weighted by atomic mass is 35.5. The Kier molecular flexibility index (Phi) is 4.17. The predicted octanol–water partition coefficient (Wildman–Crippen LogP) is 4.24. The van der Waals surface area contributed by atoms with Crippen LogP contribution in [0.2, 0.25) is 10.0 Å². The molecule has 1 saturated carbocycles. The van der Waals surface area contributed by atoms with E-state index >= 15 is 0 Å². The Bertz CT molecular complexity index is 563. The van der Waals surface area contributed by atoms with Crippen LogP contribution in [-0.2, 0) is 4.79 Å². The molecule has 0 bridgehead atoms. The summed E-state index contributed by atoms with van der Waals surface area (Å²) in [5.74, 6) is 0.125. The third kappa shape index (κ3) is 2.67. The quantitative estimate of drug-likeness (QED) is 0.902. The highest BCUT2D eigenvalue weighted by Gasteiger charge is 2.49. The van der Waals surface area contributed by atoms with Crippen molar-refractivity contribution in [2.75, 3.05) is 6.54 Å². The SMILES string of the molecule is CC(c1ccc(Cl)c(Cl)c1)N1CC2CCCC2C1C(=O)O. The number of carbonyl (C=O) groups is 1. The maximum Gasteiger partial charge on any atom is 0.321 e. The molecule has 4 atom stereocenters. The fraction of sp³-hybridized carbons (Fsp3) is 0.562. The maximum absolute atomic E-state index is 11.7. The molecule has 1 aromatic carbocycles. The molecule has 0 radical (unpaired) electrons. The van der Waals surface area contributed by atoms with Gasteiger partial charge in [-0.15, -0.1) is 0 Å². The normalized spacial score (nSPS) is 30.3. The molecule has 5 heteroatoms. The summed E-state index contributed by atoms with van der Waals surface area (Å²) in [6.45, 7) is 2.92. The molecule has 114 valence electrons. The molecule has 1 saturated heterocycles. The van der Waals surface area contributed by atoms with Crippen LogP contribution in [0.5, 0.6) is 0 Å². The van der Waals surface area contributed by atoms with Gasteiger partial charge in [0.15, 0.2) is 0 Å². The zero-order valence-electron chi connectivity index (χ0n) is 11.9. The number of rotatable bonds is 3. The average Bonchev–Trinajstić information content (AvgIpc) is 3.00. The van der Waals surface area contributed by atoms with Crippen molar-refractivity contribution >= 4 is 29.2 Å². The molecule has 1 heterocycles. The summed E-state index contributed by atoms with van der Waals surface area (Å²) in [5, 5.41) is 10.7. The Labute approximate surface area is 134 Å². The minimum Gasteiger partial charge on any atom is -0.480 e. The summed E-state index contributed by atoms with van der Waals surface area (Å²) in [6, 6.07) is 5.23. The smallest absolute Gasteiger partial charge is 0.321 e. The van der Waals surface area contributed by atoms with Crippen molar-refractivity contribution in [2.24, 2.45) is 11.8 Å². The molecule has 3 nitrogen and oxygen atoms in total. The van der Waals surface area contributed by atoms with Gasteiger partial charge in [-0.05, 0) is 49.3 Å². The number of aliphatic carboxylic acids is 1. The standard InChI is InChI=1S/C16H19Cl2NO2/c1-9(10-5-6-13(17)14(18)7-10)19-8-11-3-2-4-12(11)15(19)16(20)21/h5-7,9,11-12,15H,2-4,8H2,1H3,(H,20,21). The van der Waals surface area contributed by atoms with Crippen molar-refractivity contribution in [1.29, 1.82) is 0 Å². The summed E-state index contributed by atoms with van der Waals surface area (Å²) >= 11 is 12.1. The van der Waals surface area contributed by atoms with Gasteiger partial charge >= 0.3 is 5.97 Å². The number of hydrogen-bond acceptors (Lipinski definition) is 2. The van der Waals surface area contributed by atoms with Gasteiger partial charge < -0.3 is 5.11 Å². The first kappa shape index (κ1) is 15.1. The molecule has 2 aliphatic rings. The first-order chi connectivity index (χ1) is 9.99. The molecule has 0 aromatic heterocycles. The van der Waals surface area contributed by atoms with Crippen LogP contribution in [-0.4, -0.2) is 28.6 Å². The predicted molar refractivity (Wildman–Crippen MR) is 83.8 cm³/mol. The van der Waals surface area contributed by atoms with Crippen LogP contribution < -0.4 is 0 Å². The van der Waals surface area contributed by atoms with Gasteiger partial charge in [0.25, 0.3) is 0 Å². The van der Waals surface area contributed by atoms with Gasteiger partial charge in [-0.3, -0.25) is 9.69 Å². The highest BCUT2D eigenvalue weighted by Crippen LogP contribution is 2.45. The van der Waals surface area contributed by atoms with Crippen molar-refractivity contribution < 1.29 is 9.90 Å². The Morgan fingerprint density at radius 2 is 2.10 bits per heavy atom. The van der Waals surface area contributed by atoms with Crippen LogP contribution >= 0.6 is 23.2 Å². The zero-order valence-corrected chi connectivity index (χ0v) is 13.4. The van der Waals surface area contributed by atoms with E-state index in [9.17, 15) is 9.90 Å². The minimum absolute atomic E-state index is 0.0338. The highest BCUT2D eigenvalue weighted by molar-refractivity contribution is 6.42. The Morgan fingerprint density at radius 1 is 1.33 bits per heavy atom. The lowest BCUT2D eigenvalue weighted by atomic mass is 9.94. The fourth-order valence-electron chi connectivity index (χ4n) is 4.03. The summed E-state index contributed by atoms with van der Waals surface area (Å²) in [5.41, 5.74) is 1.02. The molecule has 4 unspecified atom stereocenters. The molecule has 3 rings (SSSR count). The van der Waals surface area contributed by atoms with E-state index in [1.165, 1.54) is 0 Å². The molecule has 1 N–H and O–H groups in total. The van der Waals surface area contributed by atoms with Crippen molar-refractivity contribution in [1.82, 2.24) is 4.90 Å². The van der Waals surface area contributed by atoms with E-state index in [4.69, 9.17) is 23.2 Å². The lowest BCUT2D eigenvalue weighted by molar-refractivity contribution is -0.144. The van der Waals surface area contributed by atoms with E-state index in [0.29, 0.717) is 21.9 Å². The third-order valence-corrected chi connectivity index (χ3v) is 5.84. The molecule has 1 aliphatic carbocycles. The van der Waals surface area contributed by atoms with Gasteiger partial charge in [0.2, 0.25) is 0 Å². The molecule has 0 amide bonds. The van der Waals surface area contributed by atoms with Crippen molar-refractivity contribution in [3.63, 3.8) is 0 Å². The monoisotopic (exact) mass is 327 g/mol. The van der Waals surface area contributed by atoms with E-state index in [-0.39, 0.29) is 12.1 Å². The van der Waals surface area contributed by atoms with Crippen LogP contribution in [0.4, 0.5) is 0 Å². The zero-order chi connectivity index (χ0) is 15.1. The summed E-state index contributed by atoms with van der Waals surface area (Å²) in [7, 11) is 0. The summed E-state index contributed by atoms with van der Waals surface area (Å²) < 4.78 is 0. The minimum atomic E-state index is -0.698. The topological polar surface area (TPSA) is 40.5 Å². The maximum atomic E-state index is 11.7. The van der Waals surface area contributed by atoms with Crippen molar-refractivity contribution in [2.45, 2.75) is 38.3 Å². The van der Waals surface area contributed by atoms with Gasteiger partial charge in [-0.25, -0.2) is 0 Å². The van der Waals surface area contributed by atoms with Crippen LogP contribution in [0, 0.1) is 11.8 Å². The number of carboxylic acid groups (broad SMARTS) is 1. The van der Waals surface area contributed by atoms with Crippen LogP contribution in [0.15, 0.2) is 18.2 Å². The molecule has 21 heavy (non-hydrogen) atoms. The number of hydrogen-bond donors (Lipinski definition) is 1. The number of fused-ring (bicyclic) bond motifs is 1. The van der Waals surface area contributed by atoms with Crippen LogP contribution in [0.25, 0.3) is 0 Å². The van der Waals surface area contributed by atoms with Crippen LogP contribution in [0.1, 0.15) is 37.8 Å². The third-order valence-electron chi connectivity index (χ3n) is 5.10. The van der Waals surface area contributed by atoms with E-state index in [2.05, 4.69) is 11.8 Å². The van der Waals surface area contributed by atoms with E-state index in [1.807, 2.05) is 12.1 Å². The van der Waals surface area contributed by atoms with Gasteiger partial charge in [-0.2, -0.15) is 0 Å². The van der Waals surface area contributed by atoms with E-state index in [0.717, 1.165) is 31.4 Å². The van der Waals surface area contributed by atoms with E-state index in [1.54, 1.807) is 6.07 Å². The van der Waals surface area contributed by atoms with Crippen LogP contribution in [0.3, 0.4) is 0 Å². The molecular formula is C16H19Cl2NO2. The molecule has 0 spiro atoms. The fourth-order valence-corrected chi connectivity index (χ4v) is 4.33. The summed E-state index contributed by atoms with van der Waals surface area (Å²) in [6.07, 6.45) is 3.35. The first-order valence-electron chi connectivity index (χ1n) is 7.42. The molecular weight excluding hydrogens is 309 g/mol. The Balaban J connectivity index is 1.87. The Morgan fingerprint density at radius 3 is 2.76 bits per heavy atom. The number of halogens is 2. The molecule has 1 aromatic rings. The van der Waals surface area contributed by atoms with Gasteiger partial charge in [0.1, 0.15) is 6.04 Å². The first-order valence-corrected chi connectivity index (χ1v) is 8.18. The van der Waals surface area contributed by atoms with Gasteiger partial charge in [-0.1, -0.05) is 35.7 Å². The number of carboxylic acids is 1. The number of nitrogens with zero attached hydrogens (tertiary/aromatic N) is 1. The van der Waals surface area contributed by atoms with Gasteiger partial charge in [0.05, 0.1) is 10.0 Å². The summed E-state index contributed by atoms with van der Waals surface area (Å²) in [4.78, 5) is 13.8. The second kappa shape index (κ2) is 5.79. The van der Waals surface area contributed by atoms with Gasteiger partial charge in [0, 0.05) is 12.6 Å². The number of likely N-dealkylation sites (tertiary alicyclic amines) is 1. The number of benzene rings is 1. The van der Waals surface area contributed by atoms with Crippen molar-refractivity contribution in [3.8, 4) is 0 Å². The lowest BCUT2D eigenvalue weighted by Gasteiger charge is -2.30. The average molecular weight is 328 g/mol. The second-order valence-corrected chi connectivity index (χ2v) is 7.00. The lowest BCUT2D eigenvalue weighted by Crippen LogP contribution is -2.41. The molecule has 1 aliphatic heterocycles. The van der Waals surface area contributed by atoms with E-state index < -0.39 is 5.97 Å². The largest absolute Gasteiger partial charge is 0.480 e. The second-order valence-electron chi connectivity index (χ2n) is 6.18. The van der Waals surface area contributed by atoms with Crippen molar-refractivity contribution in [3.05, 3.63) is 33.8 Å². The Hall–Kier alpha value is -0.770. The molecule has 2 fully saturated rings.